The van der Waals surface area contributed by atoms with Gasteiger partial charge in [-0.3, -0.25) is 9.25 Å². The summed E-state index contributed by atoms with van der Waals surface area (Å²) in [5.41, 5.74) is 4.28. The van der Waals surface area contributed by atoms with Crippen LogP contribution in [0.1, 0.15) is 5.69 Å². The number of benzene rings is 2. The van der Waals surface area contributed by atoms with Gasteiger partial charge in [0, 0.05) is 12.5 Å². The molecule has 134 valence electrons. The monoisotopic (exact) mass is 352 g/mol. The number of hydrogen-bond acceptors (Lipinski definition) is 4. The first kappa shape index (κ1) is 16.6. The maximum absolute atomic E-state index is 12.4. The number of methoxy groups -OCH3 is 1. The molecule has 2 aromatic carbocycles. The quantitative estimate of drug-likeness (QED) is 0.428. The van der Waals surface area contributed by atoms with Gasteiger partial charge in [-0.2, -0.15) is 5.10 Å². The van der Waals surface area contributed by atoms with Gasteiger partial charge in [0.25, 0.3) is 0 Å². The van der Waals surface area contributed by atoms with Crippen molar-refractivity contribution in [2.24, 2.45) is 0 Å². The Balaban J connectivity index is 1.75. The number of para-hydroxylation sites is 2. The molecular formula is C19H20N4O3. The molecule has 4 rings (SSSR count). The lowest BCUT2D eigenvalue weighted by atomic mass is 10.2. The predicted octanol–water partition coefficient (Wildman–Crippen LogP) is 2.60. The van der Waals surface area contributed by atoms with E-state index < -0.39 is 0 Å². The van der Waals surface area contributed by atoms with Crippen LogP contribution in [0.25, 0.3) is 27.6 Å². The van der Waals surface area contributed by atoms with Gasteiger partial charge in [-0.25, -0.2) is 4.79 Å². The van der Waals surface area contributed by atoms with Gasteiger partial charge in [-0.05, 0) is 37.3 Å². The molecule has 0 radical (unpaired) electrons. The molecule has 7 heteroatoms. The van der Waals surface area contributed by atoms with E-state index in [1.807, 2.05) is 54.1 Å². The Hall–Kier alpha value is -2.90. The van der Waals surface area contributed by atoms with Crippen molar-refractivity contribution in [3.05, 3.63) is 58.6 Å². The van der Waals surface area contributed by atoms with Gasteiger partial charge in [0.15, 0.2) is 0 Å². The first-order chi connectivity index (χ1) is 12.7. The van der Waals surface area contributed by atoms with Crippen molar-refractivity contribution >= 4 is 21.9 Å². The molecule has 0 atom stereocenters. The second kappa shape index (κ2) is 6.78. The van der Waals surface area contributed by atoms with Crippen LogP contribution in [0.2, 0.25) is 0 Å². The summed E-state index contributed by atoms with van der Waals surface area (Å²) in [6.45, 7) is 3.40. The summed E-state index contributed by atoms with van der Waals surface area (Å²) >= 11 is 0. The number of nitrogens with one attached hydrogen (secondary N) is 1. The number of ether oxygens (including phenoxy) is 2. The summed E-state index contributed by atoms with van der Waals surface area (Å²) in [6.07, 6.45) is 0. The highest BCUT2D eigenvalue weighted by Crippen LogP contribution is 2.23. The van der Waals surface area contributed by atoms with Gasteiger partial charge in [0.1, 0.15) is 6.79 Å². The molecule has 2 heterocycles. The van der Waals surface area contributed by atoms with E-state index in [1.165, 1.54) is 0 Å². The van der Waals surface area contributed by atoms with E-state index in [0.717, 1.165) is 33.3 Å². The fourth-order valence-electron chi connectivity index (χ4n) is 3.24. The van der Waals surface area contributed by atoms with E-state index in [9.17, 15) is 4.79 Å². The van der Waals surface area contributed by atoms with Crippen LogP contribution in [0.5, 0.6) is 0 Å². The average molecular weight is 352 g/mol. The SMILES string of the molecule is COCOCCn1nc(C)c2cc(-n3c(=O)[nH]c4ccccc43)ccc21. The molecule has 0 saturated carbocycles. The average Bonchev–Trinajstić information content (AvgIpc) is 3.15. The normalized spacial score (nSPS) is 11.6. The minimum absolute atomic E-state index is 0.149. The first-order valence-corrected chi connectivity index (χ1v) is 8.43. The Bertz CT molecular complexity index is 1120. The zero-order valence-corrected chi connectivity index (χ0v) is 14.7. The molecule has 2 aromatic heterocycles. The van der Waals surface area contributed by atoms with Gasteiger partial charge in [-0.15, -0.1) is 0 Å². The standard InChI is InChI=1S/C19H20N4O3/c1-13-15-11-14(23-18-6-4-3-5-16(18)20-19(23)24)7-8-17(15)22(21-13)9-10-26-12-25-2/h3-8,11H,9-10,12H2,1-2H3,(H,20,24). The minimum atomic E-state index is -0.149. The maximum Gasteiger partial charge on any atom is 0.331 e. The Kier molecular flexibility index (Phi) is 4.32. The molecule has 7 nitrogen and oxygen atoms in total. The number of nitrogens with zero attached hydrogens (tertiary/aromatic N) is 3. The van der Waals surface area contributed by atoms with Gasteiger partial charge >= 0.3 is 5.69 Å². The summed E-state index contributed by atoms with van der Waals surface area (Å²) < 4.78 is 13.9. The van der Waals surface area contributed by atoms with Gasteiger partial charge in [0.2, 0.25) is 0 Å². The number of aromatic amines is 1. The maximum atomic E-state index is 12.4. The summed E-state index contributed by atoms with van der Waals surface area (Å²) in [5.74, 6) is 0. The summed E-state index contributed by atoms with van der Waals surface area (Å²) in [4.78, 5) is 15.3. The van der Waals surface area contributed by atoms with Gasteiger partial charge in [0.05, 0.1) is 41.1 Å². The van der Waals surface area contributed by atoms with Crippen LogP contribution in [0, 0.1) is 6.92 Å². The molecule has 0 aliphatic rings. The molecule has 4 aromatic rings. The topological polar surface area (TPSA) is 74.1 Å². The zero-order chi connectivity index (χ0) is 18.1. The van der Waals surface area contributed by atoms with Crippen molar-refractivity contribution in [3.63, 3.8) is 0 Å². The third kappa shape index (κ3) is 2.81. The van der Waals surface area contributed by atoms with Crippen molar-refractivity contribution in [3.8, 4) is 5.69 Å². The fraction of sp³-hybridized carbons (Fsp3) is 0.263. The van der Waals surface area contributed by atoms with Crippen molar-refractivity contribution in [2.75, 3.05) is 20.5 Å². The Labute approximate surface area is 149 Å². The summed E-state index contributed by atoms with van der Waals surface area (Å²) in [5, 5.41) is 5.62. The largest absolute Gasteiger partial charge is 0.359 e. The third-order valence-electron chi connectivity index (χ3n) is 4.42. The van der Waals surface area contributed by atoms with Crippen LogP contribution >= 0.6 is 0 Å². The summed E-state index contributed by atoms with van der Waals surface area (Å²) in [7, 11) is 1.60. The Morgan fingerprint density at radius 1 is 1.15 bits per heavy atom. The van der Waals surface area contributed by atoms with Crippen LogP contribution in [0.4, 0.5) is 0 Å². The number of H-pyrrole nitrogens is 1. The zero-order valence-electron chi connectivity index (χ0n) is 14.7. The fourth-order valence-corrected chi connectivity index (χ4v) is 3.24. The molecule has 26 heavy (non-hydrogen) atoms. The van der Waals surface area contributed by atoms with Crippen molar-refractivity contribution in [2.45, 2.75) is 13.5 Å². The van der Waals surface area contributed by atoms with Crippen LogP contribution in [0.15, 0.2) is 47.3 Å². The molecule has 0 spiro atoms. The van der Waals surface area contributed by atoms with E-state index in [4.69, 9.17) is 9.47 Å². The second-order valence-electron chi connectivity index (χ2n) is 6.11. The number of fused-ring (bicyclic) bond motifs is 2. The van der Waals surface area contributed by atoms with E-state index in [-0.39, 0.29) is 12.5 Å². The van der Waals surface area contributed by atoms with Crippen molar-refractivity contribution in [1.82, 2.24) is 19.3 Å². The van der Waals surface area contributed by atoms with Gasteiger partial charge < -0.3 is 14.5 Å². The molecule has 0 fully saturated rings. The van der Waals surface area contributed by atoms with Crippen molar-refractivity contribution in [1.29, 1.82) is 0 Å². The minimum Gasteiger partial charge on any atom is -0.359 e. The number of hydrogen-bond donors (Lipinski definition) is 1. The molecule has 0 saturated heterocycles. The molecule has 0 aliphatic heterocycles. The Morgan fingerprint density at radius 3 is 2.85 bits per heavy atom. The predicted molar refractivity (Wildman–Crippen MR) is 99.8 cm³/mol. The highest BCUT2D eigenvalue weighted by atomic mass is 16.7. The third-order valence-corrected chi connectivity index (χ3v) is 4.42. The lowest BCUT2D eigenvalue weighted by Crippen LogP contribution is -2.14. The highest BCUT2D eigenvalue weighted by Gasteiger charge is 2.12. The lowest BCUT2D eigenvalue weighted by Gasteiger charge is -2.06. The number of aromatic nitrogens is 4. The van der Waals surface area contributed by atoms with Crippen molar-refractivity contribution < 1.29 is 9.47 Å². The number of rotatable bonds is 6. The second-order valence-corrected chi connectivity index (χ2v) is 6.11. The highest BCUT2D eigenvalue weighted by molar-refractivity contribution is 5.85. The molecule has 0 bridgehead atoms. The van der Waals surface area contributed by atoms with Crippen LogP contribution in [-0.4, -0.2) is 39.8 Å². The van der Waals surface area contributed by atoms with E-state index in [0.29, 0.717) is 13.2 Å². The van der Waals surface area contributed by atoms with E-state index in [1.54, 1.807) is 11.7 Å². The molecule has 0 unspecified atom stereocenters. The van der Waals surface area contributed by atoms with Gasteiger partial charge in [-0.1, -0.05) is 12.1 Å². The molecule has 1 N–H and O–H groups in total. The van der Waals surface area contributed by atoms with E-state index >= 15 is 0 Å². The first-order valence-electron chi connectivity index (χ1n) is 8.43. The molecular weight excluding hydrogens is 332 g/mol. The molecule has 0 aliphatic carbocycles. The number of aryl methyl sites for hydroxylation is 1. The Morgan fingerprint density at radius 2 is 2.00 bits per heavy atom. The number of imidazole rings is 1. The smallest absolute Gasteiger partial charge is 0.331 e. The van der Waals surface area contributed by atoms with Crippen LogP contribution in [-0.2, 0) is 16.0 Å². The molecule has 0 amide bonds. The van der Waals surface area contributed by atoms with E-state index in [2.05, 4.69) is 10.1 Å². The lowest BCUT2D eigenvalue weighted by molar-refractivity contribution is -0.0333. The van der Waals surface area contributed by atoms with Crippen LogP contribution in [0.3, 0.4) is 0 Å². The summed E-state index contributed by atoms with van der Waals surface area (Å²) in [6, 6.07) is 13.6. The van der Waals surface area contributed by atoms with Crippen LogP contribution < -0.4 is 5.69 Å².